The molecule has 0 saturated carbocycles. The average Bonchev–Trinajstić information content (AvgIpc) is 2.62. The Labute approximate surface area is 155 Å². The lowest BCUT2D eigenvalue weighted by Crippen LogP contribution is -2.45. The van der Waals surface area contributed by atoms with Gasteiger partial charge in [-0.05, 0) is 56.5 Å². The zero-order valence-corrected chi connectivity index (χ0v) is 15.6. The predicted octanol–water partition coefficient (Wildman–Crippen LogP) is 3.75. The average molecular weight is 353 g/mol. The second-order valence-corrected chi connectivity index (χ2v) is 7.14. The molecule has 138 valence electrons. The van der Waals surface area contributed by atoms with Crippen molar-refractivity contribution in [3.05, 3.63) is 65.2 Å². The lowest BCUT2D eigenvalue weighted by Gasteiger charge is -2.39. The molecule has 0 atom stereocenters. The summed E-state index contributed by atoms with van der Waals surface area (Å²) >= 11 is 0. The summed E-state index contributed by atoms with van der Waals surface area (Å²) in [7, 11) is 0. The van der Waals surface area contributed by atoms with E-state index in [-0.39, 0.29) is 5.97 Å². The van der Waals surface area contributed by atoms with Crippen LogP contribution in [0, 0.1) is 6.92 Å². The van der Waals surface area contributed by atoms with Gasteiger partial charge in [0.1, 0.15) is 0 Å². The van der Waals surface area contributed by atoms with Crippen LogP contribution in [-0.4, -0.2) is 36.4 Å². The molecule has 2 aromatic rings. The van der Waals surface area contributed by atoms with Gasteiger partial charge in [0.2, 0.25) is 0 Å². The Morgan fingerprint density at radius 2 is 1.85 bits per heavy atom. The highest BCUT2D eigenvalue weighted by Gasteiger charge is 2.32. The maximum Gasteiger partial charge on any atom is 0.338 e. The number of nitrogens with zero attached hydrogens (tertiary/aromatic N) is 1. The van der Waals surface area contributed by atoms with E-state index in [1.54, 1.807) is 19.1 Å². The highest BCUT2D eigenvalue weighted by Crippen LogP contribution is 2.29. The number of carbonyl (C=O) groups is 1. The summed E-state index contributed by atoms with van der Waals surface area (Å²) in [6.45, 7) is 5.88. The predicted molar refractivity (Wildman–Crippen MR) is 104 cm³/mol. The van der Waals surface area contributed by atoms with E-state index in [9.17, 15) is 9.90 Å². The third-order valence-electron chi connectivity index (χ3n) is 5.05. The summed E-state index contributed by atoms with van der Waals surface area (Å²) in [5.74, 6) is -0.287. The highest BCUT2D eigenvalue weighted by atomic mass is 16.5. The number of hydrogen-bond donors (Lipinski definition) is 1. The van der Waals surface area contributed by atoms with E-state index in [1.165, 1.54) is 11.1 Å². The van der Waals surface area contributed by atoms with Crippen LogP contribution in [0.2, 0.25) is 0 Å². The largest absolute Gasteiger partial charge is 0.462 e. The van der Waals surface area contributed by atoms with Crippen LogP contribution in [0.3, 0.4) is 0 Å². The van der Waals surface area contributed by atoms with Gasteiger partial charge >= 0.3 is 5.97 Å². The third kappa shape index (κ3) is 4.44. The normalized spacial score (nSPS) is 16.3. The van der Waals surface area contributed by atoms with Gasteiger partial charge in [0.05, 0.1) is 17.8 Å². The van der Waals surface area contributed by atoms with Crippen LogP contribution in [0.15, 0.2) is 48.5 Å². The van der Waals surface area contributed by atoms with E-state index < -0.39 is 5.60 Å². The molecule has 0 aromatic heterocycles. The van der Waals surface area contributed by atoms with Crippen molar-refractivity contribution in [1.29, 1.82) is 0 Å². The first-order valence-electron chi connectivity index (χ1n) is 9.29. The molecule has 1 saturated heterocycles. The van der Waals surface area contributed by atoms with Gasteiger partial charge in [-0.15, -0.1) is 0 Å². The Morgan fingerprint density at radius 3 is 2.46 bits per heavy atom. The van der Waals surface area contributed by atoms with Gasteiger partial charge in [-0.25, -0.2) is 4.79 Å². The van der Waals surface area contributed by atoms with Crippen molar-refractivity contribution in [2.75, 3.05) is 24.6 Å². The van der Waals surface area contributed by atoms with Crippen molar-refractivity contribution in [3.63, 3.8) is 0 Å². The van der Waals surface area contributed by atoms with Crippen molar-refractivity contribution < 1.29 is 14.6 Å². The molecule has 1 heterocycles. The van der Waals surface area contributed by atoms with E-state index in [1.807, 2.05) is 18.2 Å². The summed E-state index contributed by atoms with van der Waals surface area (Å²) in [5.41, 5.74) is 3.43. The number of aliphatic hydroxyl groups is 1. The van der Waals surface area contributed by atoms with Crippen LogP contribution in [0.5, 0.6) is 0 Å². The molecule has 0 spiro atoms. The fourth-order valence-electron chi connectivity index (χ4n) is 3.58. The molecule has 0 radical (unpaired) electrons. The van der Waals surface area contributed by atoms with E-state index in [2.05, 4.69) is 30.0 Å². The van der Waals surface area contributed by atoms with Gasteiger partial charge in [-0.3, -0.25) is 0 Å². The van der Waals surface area contributed by atoms with Crippen molar-refractivity contribution in [1.82, 2.24) is 0 Å². The smallest absolute Gasteiger partial charge is 0.338 e. The minimum atomic E-state index is -0.644. The Bertz CT molecular complexity index is 746. The number of aryl methyl sites for hydroxylation is 1. The van der Waals surface area contributed by atoms with Gasteiger partial charge < -0.3 is 14.7 Å². The van der Waals surface area contributed by atoms with Crippen LogP contribution < -0.4 is 4.90 Å². The maximum atomic E-state index is 11.7. The maximum absolute atomic E-state index is 11.7. The molecule has 1 fully saturated rings. The summed E-state index contributed by atoms with van der Waals surface area (Å²) in [6, 6.07) is 15.9. The summed E-state index contributed by atoms with van der Waals surface area (Å²) in [4.78, 5) is 14.0. The summed E-state index contributed by atoms with van der Waals surface area (Å²) in [5, 5.41) is 11.0. The molecule has 0 unspecified atom stereocenters. The molecule has 4 heteroatoms. The Balaban J connectivity index is 1.60. The van der Waals surface area contributed by atoms with Crippen molar-refractivity contribution in [2.45, 2.75) is 38.7 Å². The van der Waals surface area contributed by atoms with Gasteiger partial charge in [-0.2, -0.15) is 0 Å². The standard InChI is InChI=1S/C22H27NO3/c1-3-26-21(24)19-7-9-20(10-8-19)23-13-11-22(25,12-14-23)16-18-6-4-5-17(2)15-18/h4-10,15,25H,3,11-14,16H2,1-2H3. The number of rotatable bonds is 5. The molecule has 1 aliphatic heterocycles. The second-order valence-electron chi connectivity index (χ2n) is 7.14. The van der Waals surface area contributed by atoms with Crippen molar-refractivity contribution in [3.8, 4) is 0 Å². The number of hydrogen-bond acceptors (Lipinski definition) is 4. The highest BCUT2D eigenvalue weighted by molar-refractivity contribution is 5.89. The summed E-state index contributed by atoms with van der Waals surface area (Å²) < 4.78 is 5.02. The first kappa shape index (κ1) is 18.5. The van der Waals surface area contributed by atoms with E-state index in [0.29, 0.717) is 18.6 Å². The van der Waals surface area contributed by atoms with Crippen LogP contribution in [0.4, 0.5) is 5.69 Å². The number of piperidine rings is 1. The van der Waals surface area contributed by atoms with Crippen LogP contribution in [0.1, 0.15) is 41.3 Å². The van der Waals surface area contributed by atoms with E-state index in [4.69, 9.17) is 4.74 Å². The van der Waals surface area contributed by atoms with Gasteiger partial charge in [0, 0.05) is 25.2 Å². The number of carbonyl (C=O) groups excluding carboxylic acids is 1. The zero-order chi connectivity index (χ0) is 18.6. The second kappa shape index (κ2) is 7.92. The van der Waals surface area contributed by atoms with E-state index in [0.717, 1.165) is 31.6 Å². The molecule has 0 bridgehead atoms. The van der Waals surface area contributed by atoms with Gasteiger partial charge in [-0.1, -0.05) is 29.8 Å². The Hall–Kier alpha value is -2.33. The number of benzene rings is 2. The molecular formula is C22H27NO3. The SMILES string of the molecule is CCOC(=O)c1ccc(N2CCC(O)(Cc3cccc(C)c3)CC2)cc1. The number of esters is 1. The van der Waals surface area contributed by atoms with Crippen molar-refractivity contribution in [2.24, 2.45) is 0 Å². The molecule has 0 aliphatic carbocycles. The fraction of sp³-hybridized carbons (Fsp3) is 0.409. The van der Waals surface area contributed by atoms with Gasteiger partial charge in [0.25, 0.3) is 0 Å². The third-order valence-corrected chi connectivity index (χ3v) is 5.05. The Morgan fingerprint density at radius 1 is 1.15 bits per heavy atom. The molecule has 0 amide bonds. The number of anilines is 1. The van der Waals surface area contributed by atoms with Gasteiger partial charge in [0.15, 0.2) is 0 Å². The minimum Gasteiger partial charge on any atom is -0.462 e. The molecule has 3 rings (SSSR count). The fourth-order valence-corrected chi connectivity index (χ4v) is 3.58. The van der Waals surface area contributed by atoms with Crippen molar-refractivity contribution >= 4 is 11.7 Å². The topological polar surface area (TPSA) is 49.8 Å². The first-order valence-corrected chi connectivity index (χ1v) is 9.29. The first-order chi connectivity index (χ1) is 12.5. The van der Waals surface area contributed by atoms with E-state index >= 15 is 0 Å². The zero-order valence-electron chi connectivity index (χ0n) is 15.6. The lowest BCUT2D eigenvalue weighted by atomic mass is 9.85. The number of ether oxygens (including phenoxy) is 1. The summed E-state index contributed by atoms with van der Waals surface area (Å²) in [6.07, 6.45) is 2.17. The molecule has 26 heavy (non-hydrogen) atoms. The molecule has 1 N–H and O–H groups in total. The molecular weight excluding hydrogens is 326 g/mol. The lowest BCUT2D eigenvalue weighted by molar-refractivity contribution is 0.0165. The molecule has 2 aromatic carbocycles. The van der Waals surface area contributed by atoms with Crippen LogP contribution >= 0.6 is 0 Å². The minimum absolute atomic E-state index is 0.287. The monoisotopic (exact) mass is 353 g/mol. The Kier molecular flexibility index (Phi) is 5.62. The molecule has 4 nitrogen and oxygen atoms in total. The quantitative estimate of drug-likeness (QED) is 0.832. The molecule has 1 aliphatic rings. The van der Waals surface area contributed by atoms with Crippen LogP contribution in [-0.2, 0) is 11.2 Å². The van der Waals surface area contributed by atoms with Crippen LogP contribution in [0.25, 0.3) is 0 Å².